The molecule has 0 spiro atoms. The number of nitrogens with zero attached hydrogens (tertiary/aromatic N) is 3. The zero-order valence-corrected chi connectivity index (χ0v) is 21.2. The molecule has 3 heterocycles. The van der Waals surface area contributed by atoms with Crippen LogP contribution in [0.25, 0.3) is 11.0 Å². The molecule has 3 aromatic rings. The zero-order valence-electron chi connectivity index (χ0n) is 20.4. The molecule has 5 rings (SSSR count). The van der Waals surface area contributed by atoms with Crippen molar-refractivity contribution in [3.8, 4) is 0 Å². The molecule has 1 saturated heterocycles. The van der Waals surface area contributed by atoms with Crippen molar-refractivity contribution in [1.29, 1.82) is 0 Å². The molecule has 1 aliphatic heterocycles. The van der Waals surface area contributed by atoms with Gasteiger partial charge in [0.15, 0.2) is 9.84 Å². The molecule has 2 fully saturated rings. The molecule has 2 aromatic heterocycles. The molecule has 1 saturated carbocycles. The second-order valence-corrected chi connectivity index (χ2v) is 12.1. The number of aromatic nitrogens is 3. The van der Waals surface area contributed by atoms with Crippen LogP contribution in [-0.4, -0.2) is 40.6 Å². The van der Waals surface area contributed by atoms with Crippen molar-refractivity contribution in [2.75, 3.05) is 16.8 Å². The maximum atomic E-state index is 14.8. The average Bonchev–Trinajstić information content (AvgIpc) is 3.67. The van der Waals surface area contributed by atoms with E-state index in [0.29, 0.717) is 16.6 Å². The highest BCUT2D eigenvalue weighted by molar-refractivity contribution is 7.91. The first-order valence-corrected chi connectivity index (χ1v) is 13.9. The van der Waals surface area contributed by atoms with Gasteiger partial charge in [-0.05, 0) is 38.7 Å². The van der Waals surface area contributed by atoms with Crippen LogP contribution < -0.4 is 10.9 Å². The summed E-state index contributed by atoms with van der Waals surface area (Å²) in [5, 5.41) is 3.52. The number of pyridine rings is 1. The number of alkyl halides is 2. The van der Waals surface area contributed by atoms with Gasteiger partial charge in [-0.15, -0.1) is 0 Å². The Kier molecular flexibility index (Phi) is 6.51. The molecule has 1 aliphatic carbocycles. The van der Waals surface area contributed by atoms with E-state index in [-0.39, 0.29) is 47.4 Å². The zero-order chi connectivity index (χ0) is 26.5. The third-order valence-electron chi connectivity index (χ3n) is 7.16. The summed E-state index contributed by atoms with van der Waals surface area (Å²) in [5.74, 6) is -0.896. The second-order valence-electron chi connectivity index (χ2n) is 9.76. The Hall–Kier alpha value is -2.99. The number of nitrogens with one attached hydrogen (secondary N) is 1. The Labute approximate surface area is 211 Å². The van der Waals surface area contributed by atoms with Gasteiger partial charge >= 0.3 is 0 Å². The van der Waals surface area contributed by atoms with Crippen molar-refractivity contribution >= 4 is 26.7 Å². The molecule has 8 nitrogen and oxygen atoms in total. The molecule has 2 aliphatic rings. The average molecular weight is 537 g/mol. The van der Waals surface area contributed by atoms with Crippen LogP contribution in [0.5, 0.6) is 0 Å². The molecule has 0 amide bonds. The lowest BCUT2D eigenvalue weighted by atomic mass is 9.87. The van der Waals surface area contributed by atoms with E-state index >= 15 is 0 Å². The Balaban J connectivity index is 1.59. The second kappa shape index (κ2) is 9.39. The van der Waals surface area contributed by atoms with E-state index in [1.165, 1.54) is 23.0 Å². The summed E-state index contributed by atoms with van der Waals surface area (Å²) in [6.07, 6.45) is 0.280. The smallest absolute Gasteiger partial charge is 0.266 e. The quantitative estimate of drug-likeness (QED) is 0.484. The number of rotatable bonds is 7. The molecule has 198 valence electrons. The first-order valence-electron chi connectivity index (χ1n) is 12.1. The van der Waals surface area contributed by atoms with Gasteiger partial charge in [-0.1, -0.05) is 18.2 Å². The minimum Gasteiger partial charge on any atom is -0.367 e. The molecule has 0 bridgehead atoms. The number of sulfone groups is 1. The third kappa shape index (κ3) is 4.84. The lowest BCUT2D eigenvalue weighted by Crippen LogP contribution is -2.44. The minimum absolute atomic E-state index is 0.0315. The molecule has 1 aromatic carbocycles. The van der Waals surface area contributed by atoms with E-state index in [9.17, 15) is 26.4 Å². The van der Waals surface area contributed by atoms with Gasteiger partial charge in [-0.25, -0.2) is 31.6 Å². The predicted molar refractivity (Wildman–Crippen MR) is 132 cm³/mol. The number of halogens is 3. The summed E-state index contributed by atoms with van der Waals surface area (Å²) in [5.41, 5.74) is -1.42. The number of hydrogen-bond donors (Lipinski definition) is 1. The van der Waals surface area contributed by atoms with Gasteiger partial charge in [-0.3, -0.25) is 9.36 Å². The summed E-state index contributed by atoms with van der Waals surface area (Å²) in [7, 11) is -1.67. The maximum absolute atomic E-state index is 14.8. The van der Waals surface area contributed by atoms with Crippen LogP contribution >= 0.6 is 0 Å². The lowest BCUT2D eigenvalue weighted by molar-refractivity contribution is -0.0702. The van der Waals surface area contributed by atoms with Gasteiger partial charge in [0, 0.05) is 12.6 Å². The van der Waals surface area contributed by atoms with E-state index in [0.717, 1.165) is 18.9 Å². The Morgan fingerprint density at radius 2 is 1.84 bits per heavy atom. The van der Waals surface area contributed by atoms with Crippen molar-refractivity contribution in [2.24, 2.45) is 7.05 Å². The number of aryl methyl sites for hydroxylation is 1. The highest BCUT2D eigenvalue weighted by Gasteiger charge is 2.45. The van der Waals surface area contributed by atoms with Gasteiger partial charge in [0.25, 0.3) is 12.0 Å². The fourth-order valence-corrected chi connectivity index (χ4v) is 6.37. The van der Waals surface area contributed by atoms with Gasteiger partial charge in [0.2, 0.25) is 0 Å². The largest absolute Gasteiger partial charge is 0.367 e. The van der Waals surface area contributed by atoms with Crippen LogP contribution in [0, 0.1) is 5.82 Å². The number of anilines is 1. The van der Waals surface area contributed by atoms with Crippen LogP contribution in [0.1, 0.15) is 61.8 Å². The van der Waals surface area contributed by atoms with Crippen LogP contribution in [-0.2, 0) is 27.2 Å². The molecule has 1 atom stereocenters. The SMILES string of the molecule is C[C@@H](Nc1ncnc2c1cc(C1(OC3CC3)CCS(=O)(=O)CC1)c(=O)n2C)c1cccc(C(F)F)c1F. The summed E-state index contributed by atoms with van der Waals surface area (Å²) < 4.78 is 73.3. The highest BCUT2D eigenvalue weighted by Crippen LogP contribution is 2.42. The molecular weight excluding hydrogens is 509 g/mol. The molecular formula is C25H27F3N4O4S. The van der Waals surface area contributed by atoms with Crippen LogP contribution in [0.4, 0.5) is 19.0 Å². The van der Waals surface area contributed by atoms with E-state index in [2.05, 4.69) is 15.3 Å². The summed E-state index contributed by atoms with van der Waals surface area (Å²) >= 11 is 0. The lowest BCUT2D eigenvalue weighted by Gasteiger charge is -2.37. The molecule has 1 N–H and O–H groups in total. The standard InChI is InChI=1S/C25H27F3N4O4S/c1-14(16-4-3-5-17(20(16)26)21(27)28)31-22-18-12-19(24(33)32(2)23(18)30-13-29-22)25(36-15-6-7-15)8-10-37(34,35)11-9-25/h3-5,12-15,21H,6-11H2,1-2H3,(H,29,30,31)/t14-/m1/s1. The maximum Gasteiger partial charge on any atom is 0.266 e. The molecule has 0 radical (unpaired) electrons. The Morgan fingerprint density at radius 1 is 1.16 bits per heavy atom. The van der Waals surface area contributed by atoms with Gasteiger partial charge in [-0.2, -0.15) is 0 Å². The number of hydrogen-bond acceptors (Lipinski definition) is 7. The van der Waals surface area contributed by atoms with E-state index in [1.54, 1.807) is 20.0 Å². The molecule has 12 heteroatoms. The monoisotopic (exact) mass is 536 g/mol. The Bertz CT molecular complexity index is 1510. The number of ether oxygens (including phenoxy) is 1. The summed E-state index contributed by atoms with van der Waals surface area (Å²) in [6.45, 7) is 1.62. The van der Waals surface area contributed by atoms with Gasteiger partial charge in [0.05, 0.1) is 40.2 Å². The summed E-state index contributed by atoms with van der Waals surface area (Å²) in [6, 6.07) is 4.72. The molecule has 0 unspecified atom stereocenters. The highest BCUT2D eigenvalue weighted by atomic mass is 32.2. The van der Waals surface area contributed by atoms with Crippen molar-refractivity contribution < 1.29 is 26.3 Å². The van der Waals surface area contributed by atoms with Crippen LogP contribution in [0.15, 0.2) is 35.4 Å². The Morgan fingerprint density at radius 3 is 2.49 bits per heavy atom. The normalized spacial score (nSPS) is 19.7. The van der Waals surface area contributed by atoms with Crippen LogP contribution in [0.2, 0.25) is 0 Å². The van der Waals surface area contributed by atoms with Crippen molar-refractivity contribution in [3.05, 3.63) is 63.5 Å². The van der Waals surface area contributed by atoms with E-state index in [4.69, 9.17) is 4.74 Å². The first-order chi connectivity index (χ1) is 17.5. The van der Waals surface area contributed by atoms with Crippen molar-refractivity contribution in [2.45, 2.75) is 56.8 Å². The molecule has 37 heavy (non-hydrogen) atoms. The van der Waals surface area contributed by atoms with E-state index < -0.39 is 39.3 Å². The predicted octanol–water partition coefficient (Wildman–Crippen LogP) is 4.16. The van der Waals surface area contributed by atoms with Crippen molar-refractivity contribution in [3.63, 3.8) is 0 Å². The van der Waals surface area contributed by atoms with Crippen molar-refractivity contribution in [1.82, 2.24) is 14.5 Å². The van der Waals surface area contributed by atoms with E-state index in [1.807, 2.05) is 0 Å². The third-order valence-corrected chi connectivity index (χ3v) is 8.81. The fraction of sp³-hybridized carbons (Fsp3) is 0.480. The number of fused-ring (bicyclic) bond motifs is 1. The topological polar surface area (TPSA) is 103 Å². The first kappa shape index (κ1) is 25.7. The fourth-order valence-electron chi connectivity index (χ4n) is 4.89. The number of benzene rings is 1. The summed E-state index contributed by atoms with van der Waals surface area (Å²) in [4.78, 5) is 22.0. The van der Waals surface area contributed by atoms with Crippen LogP contribution in [0.3, 0.4) is 0 Å². The minimum atomic E-state index is -3.23. The van der Waals surface area contributed by atoms with Gasteiger partial charge < -0.3 is 10.1 Å². The van der Waals surface area contributed by atoms with Gasteiger partial charge in [0.1, 0.15) is 29.2 Å².